The lowest BCUT2D eigenvalue weighted by Gasteiger charge is -2.17. The molecular formula is C15H22N2. The van der Waals surface area contributed by atoms with Gasteiger partial charge in [0.05, 0.1) is 11.6 Å². The number of nitriles is 1. The van der Waals surface area contributed by atoms with Gasteiger partial charge in [-0.3, -0.25) is 0 Å². The van der Waals surface area contributed by atoms with Gasteiger partial charge in [0.2, 0.25) is 0 Å². The summed E-state index contributed by atoms with van der Waals surface area (Å²) in [4.78, 5) is 2.32. The summed E-state index contributed by atoms with van der Waals surface area (Å²) in [5, 5.41) is 8.84. The lowest BCUT2D eigenvalue weighted by Crippen LogP contribution is -2.19. The van der Waals surface area contributed by atoms with Gasteiger partial charge in [-0.1, -0.05) is 26.0 Å². The third-order valence-corrected chi connectivity index (χ3v) is 2.83. The van der Waals surface area contributed by atoms with E-state index in [-0.39, 0.29) is 0 Å². The van der Waals surface area contributed by atoms with Gasteiger partial charge in [-0.25, -0.2) is 0 Å². The molecule has 0 spiro atoms. The molecule has 0 heterocycles. The molecule has 0 atom stereocenters. The maximum absolute atomic E-state index is 8.84. The molecule has 0 aromatic heterocycles. The van der Waals surface area contributed by atoms with Crippen LogP contribution in [0.5, 0.6) is 0 Å². The van der Waals surface area contributed by atoms with Crippen molar-refractivity contribution in [3.8, 4) is 6.07 Å². The zero-order chi connectivity index (χ0) is 12.7. The summed E-state index contributed by atoms with van der Waals surface area (Å²) in [6.45, 7) is 6.56. The fourth-order valence-electron chi connectivity index (χ4n) is 1.90. The Labute approximate surface area is 105 Å². The van der Waals surface area contributed by atoms with E-state index in [1.54, 1.807) is 0 Å². The summed E-state index contributed by atoms with van der Waals surface area (Å²) < 4.78 is 0. The molecule has 17 heavy (non-hydrogen) atoms. The molecule has 2 nitrogen and oxygen atoms in total. The number of benzene rings is 1. The van der Waals surface area contributed by atoms with Gasteiger partial charge in [-0.2, -0.15) is 5.26 Å². The average molecular weight is 230 g/mol. The number of nitrogens with zero attached hydrogens (tertiary/aromatic N) is 2. The molecule has 0 bridgehead atoms. The van der Waals surface area contributed by atoms with Crippen molar-refractivity contribution < 1.29 is 0 Å². The van der Waals surface area contributed by atoms with Gasteiger partial charge in [0, 0.05) is 6.54 Å². The Morgan fingerprint density at radius 1 is 1.35 bits per heavy atom. The second-order valence-electron chi connectivity index (χ2n) is 5.09. The van der Waals surface area contributed by atoms with E-state index in [1.807, 2.05) is 18.2 Å². The topological polar surface area (TPSA) is 27.0 Å². The van der Waals surface area contributed by atoms with Crippen LogP contribution in [0.3, 0.4) is 0 Å². The van der Waals surface area contributed by atoms with Crippen LogP contribution in [-0.2, 0) is 6.54 Å². The molecule has 0 unspecified atom stereocenters. The first-order chi connectivity index (χ1) is 8.11. The Morgan fingerprint density at radius 2 is 2.12 bits per heavy atom. The highest BCUT2D eigenvalue weighted by atomic mass is 15.1. The van der Waals surface area contributed by atoms with E-state index >= 15 is 0 Å². The molecule has 0 fully saturated rings. The van der Waals surface area contributed by atoms with E-state index in [9.17, 15) is 0 Å². The van der Waals surface area contributed by atoms with Crippen LogP contribution in [0.1, 0.15) is 37.8 Å². The Morgan fingerprint density at radius 3 is 2.76 bits per heavy atom. The Balaban J connectivity index is 2.39. The molecule has 1 aromatic rings. The molecule has 0 saturated heterocycles. The third-order valence-electron chi connectivity index (χ3n) is 2.83. The van der Waals surface area contributed by atoms with Gasteiger partial charge in [-0.15, -0.1) is 0 Å². The second kappa shape index (κ2) is 7.09. The zero-order valence-corrected chi connectivity index (χ0v) is 11.1. The monoisotopic (exact) mass is 230 g/mol. The van der Waals surface area contributed by atoms with Crippen LogP contribution >= 0.6 is 0 Å². The smallest absolute Gasteiger partial charge is 0.0991 e. The van der Waals surface area contributed by atoms with Crippen LogP contribution in [0.25, 0.3) is 0 Å². The summed E-state index contributed by atoms with van der Waals surface area (Å²) in [6.07, 6.45) is 2.52. The van der Waals surface area contributed by atoms with E-state index in [0.717, 1.165) is 24.6 Å². The number of rotatable bonds is 6. The highest BCUT2D eigenvalue weighted by Crippen LogP contribution is 2.09. The van der Waals surface area contributed by atoms with Gasteiger partial charge >= 0.3 is 0 Å². The fourth-order valence-corrected chi connectivity index (χ4v) is 1.90. The predicted molar refractivity (Wildman–Crippen MR) is 71.6 cm³/mol. The largest absolute Gasteiger partial charge is 0.302 e. The highest BCUT2D eigenvalue weighted by Gasteiger charge is 2.02. The van der Waals surface area contributed by atoms with Crippen molar-refractivity contribution in [2.45, 2.75) is 33.2 Å². The zero-order valence-electron chi connectivity index (χ0n) is 11.1. The lowest BCUT2D eigenvalue weighted by molar-refractivity contribution is 0.310. The molecule has 0 radical (unpaired) electrons. The third kappa shape index (κ3) is 5.51. The van der Waals surface area contributed by atoms with Crippen molar-refractivity contribution in [1.82, 2.24) is 4.90 Å². The fraction of sp³-hybridized carbons (Fsp3) is 0.533. The molecule has 92 valence electrons. The van der Waals surface area contributed by atoms with Crippen molar-refractivity contribution in [1.29, 1.82) is 5.26 Å². The van der Waals surface area contributed by atoms with Crippen LogP contribution in [0.2, 0.25) is 0 Å². The first kappa shape index (κ1) is 13.7. The summed E-state index contributed by atoms with van der Waals surface area (Å²) in [7, 11) is 2.14. The predicted octanol–water partition coefficient (Wildman–Crippen LogP) is 3.43. The number of hydrogen-bond donors (Lipinski definition) is 0. The molecule has 0 aliphatic rings. The Bertz CT molecular complexity index is 377. The molecule has 0 amide bonds. The SMILES string of the molecule is CC(C)CCCN(C)Cc1cccc(C#N)c1. The summed E-state index contributed by atoms with van der Waals surface area (Å²) in [5.74, 6) is 0.783. The second-order valence-corrected chi connectivity index (χ2v) is 5.09. The minimum Gasteiger partial charge on any atom is -0.302 e. The molecule has 2 heteroatoms. The molecule has 0 aliphatic carbocycles. The van der Waals surface area contributed by atoms with E-state index in [4.69, 9.17) is 5.26 Å². The van der Waals surface area contributed by atoms with Crippen molar-refractivity contribution in [3.05, 3.63) is 35.4 Å². The van der Waals surface area contributed by atoms with Gasteiger partial charge in [0.25, 0.3) is 0 Å². The van der Waals surface area contributed by atoms with E-state index in [0.29, 0.717) is 0 Å². The van der Waals surface area contributed by atoms with Crippen molar-refractivity contribution in [2.75, 3.05) is 13.6 Å². The van der Waals surface area contributed by atoms with Gasteiger partial charge in [-0.05, 0) is 50.0 Å². The number of hydrogen-bond acceptors (Lipinski definition) is 2. The molecular weight excluding hydrogens is 208 g/mol. The summed E-state index contributed by atoms with van der Waals surface area (Å²) in [5.41, 5.74) is 1.97. The maximum Gasteiger partial charge on any atom is 0.0991 e. The van der Waals surface area contributed by atoms with Crippen LogP contribution in [0.4, 0.5) is 0 Å². The molecule has 0 aliphatic heterocycles. The average Bonchev–Trinajstić information content (AvgIpc) is 2.28. The van der Waals surface area contributed by atoms with Crippen LogP contribution in [-0.4, -0.2) is 18.5 Å². The molecule has 1 aromatic carbocycles. The first-order valence-electron chi connectivity index (χ1n) is 6.29. The highest BCUT2D eigenvalue weighted by molar-refractivity contribution is 5.32. The Kier molecular flexibility index (Phi) is 5.72. The minimum absolute atomic E-state index is 0.748. The van der Waals surface area contributed by atoms with Crippen molar-refractivity contribution in [2.24, 2.45) is 5.92 Å². The van der Waals surface area contributed by atoms with Gasteiger partial charge < -0.3 is 4.90 Å². The summed E-state index contributed by atoms with van der Waals surface area (Å²) in [6, 6.07) is 10.0. The normalized spacial score (nSPS) is 10.8. The van der Waals surface area contributed by atoms with Crippen LogP contribution < -0.4 is 0 Å². The lowest BCUT2D eigenvalue weighted by atomic mass is 10.1. The van der Waals surface area contributed by atoms with Crippen molar-refractivity contribution >= 4 is 0 Å². The minimum atomic E-state index is 0.748. The quantitative estimate of drug-likeness (QED) is 0.748. The van der Waals surface area contributed by atoms with Crippen LogP contribution in [0, 0.1) is 17.2 Å². The standard InChI is InChI=1S/C15H22N2/c1-13(2)6-5-9-17(3)12-15-8-4-7-14(10-15)11-16/h4,7-8,10,13H,5-6,9,12H2,1-3H3. The van der Waals surface area contributed by atoms with Crippen LogP contribution in [0.15, 0.2) is 24.3 Å². The Hall–Kier alpha value is -1.33. The molecule has 1 rings (SSSR count). The maximum atomic E-state index is 8.84. The van der Waals surface area contributed by atoms with Crippen molar-refractivity contribution in [3.63, 3.8) is 0 Å². The molecule has 0 saturated carbocycles. The first-order valence-corrected chi connectivity index (χ1v) is 6.29. The van der Waals surface area contributed by atoms with Gasteiger partial charge in [0.15, 0.2) is 0 Å². The van der Waals surface area contributed by atoms with E-state index in [2.05, 4.69) is 37.9 Å². The van der Waals surface area contributed by atoms with Gasteiger partial charge in [0.1, 0.15) is 0 Å². The van der Waals surface area contributed by atoms with E-state index < -0.39 is 0 Å². The van der Waals surface area contributed by atoms with E-state index in [1.165, 1.54) is 18.4 Å². The molecule has 0 N–H and O–H groups in total. The summed E-state index contributed by atoms with van der Waals surface area (Å²) >= 11 is 0.